The summed E-state index contributed by atoms with van der Waals surface area (Å²) >= 11 is 6.61. The Kier molecular flexibility index (Phi) is 8.78. The molecule has 2 saturated heterocycles. The number of benzene rings is 1. The van der Waals surface area contributed by atoms with Gasteiger partial charge in [0, 0.05) is 26.5 Å². The van der Waals surface area contributed by atoms with E-state index in [-0.39, 0.29) is 30.6 Å². The van der Waals surface area contributed by atoms with Gasteiger partial charge in [0.2, 0.25) is 5.91 Å². The van der Waals surface area contributed by atoms with Gasteiger partial charge in [0.05, 0.1) is 31.4 Å². The molecule has 0 saturated carbocycles. The molecule has 8 atom stereocenters. The number of amides is 2. The number of allylic oxidation sites excluding steroid dienone is 2. The third kappa shape index (κ3) is 5.97. The zero-order valence-corrected chi connectivity index (χ0v) is 24.9. The van der Waals surface area contributed by atoms with Crippen molar-refractivity contribution in [2.24, 2.45) is 11.8 Å². The summed E-state index contributed by atoms with van der Waals surface area (Å²) in [6.45, 7) is 7.60. The van der Waals surface area contributed by atoms with Crippen LogP contribution >= 0.6 is 11.6 Å². The quantitative estimate of drug-likeness (QED) is 0.357. The number of carbonyl (C=O) groups excluding carboxylic acids is 2. The molecule has 4 bridgehead atoms. The highest BCUT2D eigenvalue weighted by atomic mass is 35.5. The van der Waals surface area contributed by atoms with Gasteiger partial charge < -0.3 is 34.1 Å². The first-order valence-corrected chi connectivity index (χ1v) is 14.0. The average molecular weight is 581 g/mol. The molecule has 3 N–H and O–H groups in total. The maximum Gasteiger partial charge on any atom is 0.409 e. The maximum absolute atomic E-state index is 13.3. The molecule has 222 valence electrons. The Morgan fingerprint density at radius 1 is 1.23 bits per heavy atom. The zero-order chi connectivity index (χ0) is 29.6. The van der Waals surface area contributed by atoms with Crippen molar-refractivity contribution in [1.82, 2.24) is 5.32 Å². The van der Waals surface area contributed by atoms with E-state index in [2.05, 4.69) is 11.4 Å². The minimum absolute atomic E-state index is 0.00481. The lowest BCUT2D eigenvalue weighted by atomic mass is 9.82. The van der Waals surface area contributed by atoms with E-state index < -0.39 is 41.8 Å². The first-order chi connectivity index (χ1) is 18.7. The van der Waals surface area contributed by atoms with Crippen molar-refractivity contribution in [3.8, 4) is 5.75 Å². The summed E-state index contributed by atoms with van der Waals surface area (Å²) in [6, 6.07) is 3.69. The van der Waals surface area contributed by atoms with Gasteiger partial charge in [-0.05, 0) is 50.3 Å². The monoisotopic (exact) mass is 580 g/mol. The van der Waals surface area contributed by atoms with Crippen LogP contribution in [0.2, 0.25) is 5.02 Å². The van der Waals surface area contributed by atoms with Crippen molar-refractivity contribution >= 4 is 29.3 Å². The topological polar surface area (TPSA) is 130 Å². The standard InChI is InChI=1S/C29H41ClN2O8/c1-15-8-16(2)10-23(38-7)29(36)14-21(39-27(35)31-29)17(3)26-28(4,40-26)22(33)13-24(34)32(5)19-11-18(9-15)12-20(37-6)25(19)30/h8,11-12,16-17,21-23,26,33,36H,9-10,13-14H2,1-7H3,(H,31,35)/b15-8+/t16-,17?,21+,22?,23?,26?,28?,29?/m1/s1. The van der Waals surface area contributed by atoms with Crippen LogP contribution < -0.4 is 15.0 Å². The minimum Gasteiger partial charge on any atom is -0.495 e. The van der Waals surface area contributed by atoms with Crippen LogP contribution in [0.1, 0.15) is 52.5 Å². The lowest BCUT2D eigenvalue weighted by molar-refractivity contribution is -0.161. The highest BCUT2D eigenvalue weighted by molar-refractivity contribution is 6.35. The maximum atomic E-state index is 13.3. The number of hydrogen-bond acceptors (Lipinski definition) is 8. The van der Waals surface area contributed by atoms with Gasteiger partial charge in [-0.3, -0.25) is 10.1 Å². The molecular formula is C29H41ClN2O8. The third-order valence-electron chi connectivity index (χ3n) is 8.56. The summed E-state index contributed by atoms with van der Waals surface area (Å²) in [5.41, 5.74) is -0.272. The number of aliphatic hydroxyl groups excluding tert-OH is 1. The first-order valence-electron chi connectivity index (χ1n) is 13.6. The van der Waals surface area contributed by atoms with Crippen LogP contribution in [0, 0.1) is 11.8 Å². The van der Waals surface area contributed by atoms with E-state index in [4.69, 9.17) is 30.5 Å². The van der Waals surface area contributed by atoms with E-state index in [1.165, 1.54) is 19.1 Å². The van der Waals surface area contributed by atoms with Crippen LogP contribution in [0.5, 0.6) is 5.75 Å². The molecular weight excluding hydrogens is 540 g/mol. The predicted molar refractivity (Wildman–Crippen MR) is 149 cm³/mol. The number of aliphatic hydroxyl groups is 2. The van der Waals surface area contributed by atoms with E-state index in [0.717, 1.165) is 11.1 Å². The Morgan fingerprint density at radius 2 is 1.93 bits per heavy atom. The second-order valence-electron chi connectivity index (χ2n) is 11.7. The van der Waals surface area contributed by atoms with Crippen LogP contribution in [0.25, 0.3) is 0 Å². The number of hydrogen-bond donors (Lipinski definition) is 3. The molecule has 3 heterocycles. The average Bonchev–Trinajstić information content (AvgIpc) is 3.58. The van der Waals surface area contributed by atoms with Crippen molar-refractivity contribution < 1.29 is 38.7 Å². The summed E-state index contributed by atoms with van der Waals surface area (Å²) in [6.07, 6.45) is -0.816. The molecule has 40 heavy (non-hydrogen) atoms. The Balaban J connectivity index is 1.73. The number of epoxide rings is 1. The Morgan fingerprint density at radius 3 is 2.58 bits per heavy atom. The largest absolute Gasteiger partial charge is 0.495 e. The van der Waals surface area contributed by atoms with Crippen LogP contribution in [0.15, 0.2) is 23.8 Å². The molecule has 10 nitrogen and oxygen atoms in total. The summed E-state index contributed by atoms with van der Waals surface area (Å²) in [5, 5.41) is 25.6. The van der Waals surface area contributed by atoms with Gasteiger partial charge >= 0.3 is 6.09 Å². The second-order valence-corrected chi connectivity index (χ2v) is 12.1. The van der Waals surface area contributed by atoms with Crippen LogP contribution in [-0.2, 0) is 25.4 Å². The van der Waals surface area contributed by atoms with E-state index in [1.54, 1.807) is 14.0 Å². The molecule has 0 spiro atoms. The van der Waals surface area contributed by atoms with E-state index in [1.807, 2.05) is 32.9 Å². The summed E-state index contributed by atoms with van der Waals surface area (Å²) in [4.78, 5) is 27.3. The molecule has 0 aliphatic carbocycles. The number of nitrogens with zero attached hydrogens (tertiary/aromatic N) is 1. The number of ether oxygens (including phenoxy) is 4. The molecule has 0 aromatic heterocycles. The van der Waals surface area contributed by atoms with Gasteiger partial charge in [-0.15, -0.1) is 0 Å². The van der Waals surface area contributed by atoms with Crippen molar-refractivity contribution in [3.05, 3.63) is 34.4 Å². The number of carbonyl (C=O) groups is 2. The number of methoxy groups -OCH3 is 2. The lowest BCUT2D eigenvalue weighted by Gasteiger charge is -2.43. The van der Waals surface area contributed by atoms with Gasteiger partial charge in [0.15, 0.2) is 5.72 Å². The molecule has 11 heteroatoms. The number of anilines is 1. The first kappa shape index (κ1) is 30.6. The van der Waals surface area contributed by atoms with Crippen molar-refractivity contribution in [3.63, 3.8) is 0 Å². The molecule has 3 aliphatic rings. The normalized spacial score (nSPS) is 38.5. The number of nitrogens with one attached hydrogen (secondary N) is 1. The highest BCUT2D eigenvalue weighted by Crippen LogP contribution is 2.48. The van der Waals surface area contributed by atoms with Crippen molar-refractivity contribution in [2.75, 3.05) is 26.2 Å². The van der Waals surface area contributed by atoms with E-state index >= 15 is 0 Å². The van der Waals surface area contributed by atoms with Crippen LogP contribution in [-0.4, -0.2) is 79.2 Å². The Bertz CT molecular complexity index is 1180. The minimum atomic E-state index is -1.66. The fourth-order valence-electron chi connectivity index (χ4n) is 6.11. The van der Waals surface area contributed by atoms with Crippen LogP contribution in [0.4, 0.5) is 10.5 Å². The Labute approximate surface area is 240 Å². The number of alkyl carbamates (subject to hydrolysis) is 1. The SMILES string of the molecule is COc1cc2cc(c1Cl)N(C)C(=O)CC(O)C1(C)OC1C(C)[C@@H]1CC(O)(NC(=O)O1)C(OC)C[C@H](C)/C=C(\C)C2. The van der Waals surface area contributed by atoms with Gasteiger partial charge in [0.25, 0.3) is 0 Å². The molecule has 0 radical (unpaired) electrons. The lowest BCUT2D eigenvalue weighted by Crippen LogP contribution is -2.64. The van der Waals surface area contributed by atoms with E-state index in [9.17, 15) is 19.8 Å². The fourth-order valence-corrected chi connectivity index (χ4v) is 6.42. The molecule has 6 unspecified atom stereocenters. The number of rotatable bonds is 2. The van der Waals surface area contributed by atoms with Gasteiger partial charge in [-0.2, -0.15) is 0 Å². The Hall–Kier alpha value is -2.37. The summed E-state index contributed by atoms with van der Waals surface area (Å²) < 4.78 is 22.7. The molecule has 3 aliphatic heterocycles. The summed E-state index contributed by atoms with van der Waals surface area (Å²) in [5.74, 6) is -0.285. The smallest absolute Gasteiger partial charge is 0.409 e. The molecule has 2 amide bonds. The van der Waals surface area contributed by atoms with Crippen molar-refractivity contribution in [2.45, 2.75) is 89.1 Å². The van der Waals surface area contributed by atoms with Gasteiger partial charge in [-0.1, -0.05) is 37.1 Å². The molecule has 1 aromatic rings. The number of fused-ring (bicyclic) bond motifs is 5. The van der Waals surface area contributed by atoms with Crippen LogP contribution in [0.3, 0.4) is 0 Å². The van der Waals surface area contributed by atoms with E-state index in [0.29, 0.717) is 29.3 Å². The highest BCUT2D eigenvalue weighted by Gasteiger charge is 2.62. The van der Waals surface area contributed by atoms with Gasteiger partial charge in [-0.25, -0.2) is 4.79 Å². The number of halogens is 1. The molecule has 1 aromatic carbocycles. The van der Waals surface area contributed by atoms with Crippen molar-refractivity contribution in [1.29, 1.82) is 0 Å². The third-order valence-corrected chi connectivity index (χ3v) is 8.94. The fraction of sp³-hybridized carbons (Fsp3) is 0.655. The second kappa shape index (κ2) is 11.5. The molecule has 2 fully saturated rings. The predicted octanol–water partition coefficient (Wildman–Crippen LogP) is 3.59. The molecule has 4 rings (SSSR count). The van der Waals surface area contributed by atoms with Gasteiger partial charge in [0.1, 0.15) is 28.6 Å². The zero-order valence-electron chi connectivity index (χ0n) is 24.2. The summed E-state index contributed by atoms with van der Waals surface area (Å²) in [7, 11) is 4.64.